The molecule has 0 unspecified atom stereocenters. The molecule has 1 amide bonds. The van der Waals surface area contributed by atoms with Crippen molar-refractivity contribution in [3.63, 3.8) is 0 Å². The summed E-state index contributed by atoms with van der Waals surface area (Å²) >= 11 is 1.75. The summed E-state index contributed by atoms with van der Waals surface area (Å²) in [5.74, 6) is 0.0343. The van der Waals surface area contributed by atoms with Gasteiger partial charge in [0.1, 0.15) is 0 Å². The molecule has 0 fully saturated rings. The van der Waals surface area contributed by atoms with E-state index in [9.17, 15) is 4.79 Å². The molecule has 90 valence electrons. The van der Waals surface area contributed by atoms with Gasteiger partial charge < -0.3 is 11.1 Å². The largest absolute Gasteiger partial charge is 0.356 e. The zero-order valence-corrected chi connectivity index (χ0v) is 10.4. The Morgan fingerprint density at radius 3 is 3.00 bits per heavy atom. The Morgan fingerprint density at radius 1 is 1.35 bits per heavy atom. The number of benzene rings is 1. The standard InChI is InChI=1S/C13H16N2OS/c14-7-5-13(16)15-8-6-10-9-17-12-4-2-1-3-11(10)12/h1-4,9H,5-8,14H2,(H,15,16). The number of amides is 1. The van der Waals surface area contributed by atoms with E-state index in [1.807, 2.05) is 12.1 Å². The third-order valence-corrected chi connectivity index (χ3v) is 3.66. The molecule has 17 heavy (non-hydrogen) atoms. The van der Waals surface area contributed by atoms with Gasteiger partial charge in [0.25, 0.3) is 0 Å². The maximum atomic E-state index is 11.2. The molecular weight excluding hydrogens is 232 g/mol. The Balaban J connectivity index is 1.93. The van der Waals surface area contributed by atoms with Crippen LogP contribution in [0.4, 0.5) is 0 Å². The van der Waals surface area contributed by atoms with Crippen molar-refractivity contribution in [3.8, 4) is 0 Å². The molecule has 1 aromatic heterocycles. The lowest BCUT2D eigenvalue weighted by atomic mass is 10.1. The number of fused-ring (bicyclic) bond motifs is 1. The fourth-order valence-corrected chi connectivity index (χ4v) is 2.78. The lowest BCUT2D eigenvalue weighted by Crippen LogP contribution is -2.27. The maximum absolute atomic E-state index is 11.2. The molecule has 0 aliphatic carbocycles. The van der Waals surface area contributed by atoms with E-state index in [2.05, 4.69) is 22.8 Å². The normalized spacial score (nSPS) is 10.6. The summed E-state index contributed by atoms with van der Waals surface area (Å²) in [6.45, 7) is 1.09. The second-order valence-corrected chi connectivity index (χ2v) is 4.81. The highest BCUT2D eigenvalue weighted by molar-refractivity contribution is 7.17. The van der Waals surface area contributed by atoms with Crippen LogP contribution in [0.5, 0.6) is 0 Å². The Bertz CT molecular complexity index is 507. The lowest BCUT2D eigenvalue weighted by Gasteiger charge is -2.03. The molecule has 3 nitrogen and oxygen atoms in total. The molecule has 0 spiro atoms. The molecule has 2 aromatic rings. The van der Waals surface area contributed by atoms with Crippen molar-refractivity contribution in [2.45, 2.75) is 12.8 Å². The first-order chi connectivity index (χ1) is 8.31. The molecular formula is C13H16N2OS. The summed E-state index contributed by atoms with van der Waals surface area (Å²) in [6.07, 6.45) is 1.28. The van der Waals surface area contributed by atoms with E-state index in [0.717, 1.165) is 6.42 Å². The Hall–Kier alpha value is -1.39. The predicted octanol–water partition coefficient (Wildman–Crippen LogP) is 1.91. The molecule has 4 heteroatoms. The molecule has 0 aliphatic heterocycles. The quantitative estimate of drug-likeness (QED) is 0.849. The van der Waals surface area contributed by atoms with Gasteiger partial charge in [-0.3, -0.25) is 4.79 Å². The first-order valence-electron chi connectivity index (χ1n) is 5.73. The first kappa shape index (κ1) is 12.1. The van der Waals surface area contributed by atoms with Gasteiger partial charge in [-0.1, -0.05) is 18.2 Å². The van der Waals surface area contributed by atoms with Crippen molar-refractivity contribution in [2.75, 3.05) is 13.1 Å². The zero-order chi connectivity index (χ0) is 12.1. The Kier molecular flexibility index (Phi) is 4.12. The van der Waals surface area contributed by atoms with Crippen LogP contribution in [-0.2, 0) is 11.2 Å². The van der Waals surface area contributed by atoms with E-state index in [0.29, 0.717) is 19.5 Å². The lowest BCUT2D eigenvalue weighted by molar-refractivity contribution is -0.120. The second-order valence-electron chi connectivity index (χ2n) is 3.90. The minimum Gasteiger partial charge on any atom is -0.356 e. The van der Waals surface area contributed by atoms with Crippen molar-refractivity contribution >= 4 is 27.3 Å². The molecule has 3 N–H and O–H groups in total. The fourth-order valence-electron chi connectivity index (χ4n) is 1.78. The number of carbonyl (C=O) groups is 1. The number of nitrogens with two attached hydrogens (primary N) is 1. The van der Waals surface area contributed by atoms with Crippen molar-refractivity contribution in [2.24, 2.45) is 5.73 Å². The van der Waals surface area contributed by atoms with Gasteiger partial charge in [-0.05, 0) is 28.8 Å². The smallest absolute Gasteiger partial charge is 0.221 e. The highest BCUT2D eigenvalue weighted by Gasteiger charge is 2.04. The van der Waals surface area contributed by atoms with Crippen molar-refractivity contribution in [1.29, 1.82) is 0 Å². The summed E-state index contributed by atoms with van der Waals surface area (Å²) < 4.78 is 1.30. The van der Waals surface area contributed by atoms with E-state index >= 15 is 0 Å². The van der Waals surface area contributed by atoms with E-state index in [1.54, 1.807) is 11.3 Å². The second kappa shape index (κ2) is 5.80. The van der Waals surface area contributed by atoms with Gasteiger partial charge in [-0.25, -0.2) is 0 Å². The van der Waals surface area contributed by atoms with Gasteiger partial charge in [0.15, 0.2) is 0 Å². The summed E-state index contributed by atoms with van der Waals surface area (Å²) in [5.41, 5.74) is 6.62. The van der Waals surface area contributed by atoms with Crippen LogP contribution in [0.2, 0.25) is 0 Å². The van der Waals surface area contributed by atoms with Gasteiger partial charge in [-0.15, -0.1) is 11.3 Å². The van der Waals surface area contributed by atoms with E-state index in [4.69, 9.17) is 5.73 Å². The van der Waals surface area contributed by atoms with Crippen molar-refractivity contribution in [3.05, 3.63) is 35.2 Å². The maximum Gasteiger partial charge on any atom is 0.221 e. The Morgan fingerprint density at radius 2 is 2.18 bits per heavy atom. The zero-order valence-electron chi connectivity index (χ0n) is 9.61. The number of rotatable bonds is 5. The summed E-state index contributed by atoms with van der Waals surface area (Å²) in [4.78, 5) is 11.2. The molecule has 2 rings (SSSR count). The molecule has 0 saturated carbocycles. The highest BCUT2D eigenvalue weighted by Crippen LogP contribution is 2.25. The molecule has 0 atom stereocenters. The van der Waals surface area contributed by atoms with Crippen molar-refractivity contribution in [1.82, 2.24) is 5.32 Å². The van der Waals surface area contributed by atoms with Gasteiger partial charge >= 0.3 is 0 Å². The van der Waals surface area contributed by atoms with Gasteiger partial charge in [0, 0.05) is 24.2 Å². The molecule has 0 bridgehead atoms. The predicted molar refractivity (Wildman–Crippen MR) is 72.2 cm³/mol. The number of nitrogens with one attached hydrogen (secondary N) is 1. The summed E-state index contributed by atoms with van der Waals surface area (Å²) in [5, 5.41) is 6.34. The van der Waals surface area contributed by atoms with Crippen LogP contribution in [0.15, 0.2) is 29.6 Å². The average molecular weight is 248 g/mol. The van der Waals surface area contributed by atoms with Crippen LogP contribution in [-0.4, -0.2) is 19.0 Å². The summed E-state index contributed by atoms with van der Waals surface area (Å²) in [6, 6.07) is 8.34. The van der Waals surface area contributed by atoms with Crippen LogP contribution in [0.1, 0.15) is 12.0 Å². The third-order valence-electron chi connectivity index (χ3n) is 2.65. The van der Waals surface area contributed by atoms with E-state index < -0.39 is 0 Å². The number of hydrogen-bond donors (Lipinski definition) is 2. The molecule has 1 heterocycles. The molecule has 0 aliphatic rings. The third kappa shape index (κ3) is 3.05. The molecule has 0 radical (unpaired) electrons. The molecule has 1 aromatic carbocycles. The number of carbonyl (C=O) groups excluding carboxylic acids is 1. The van der Waals surface area contributed by atoms with Gasteiger partial charge in [-0.2, -0.15) is 0 Å². The molecule has 0 saturated heterocycles. The van der Waals surface area contributed by atoms with E-state index in [-0.39, 0.29) is 5.91 Å². The average Bonchev–Trinajstić information content (AvgIpc) is 2.73. The van der Waals surface area contributed by atoms with Crippen LogP contribution in [0, 0.1) is 0 Å². The van der Waals surface area contributed by atoms with Gasteiger partial charge in [0.05, 0.1) is 0 Å². The first-order valence-corrected chi connectivity index (χ1v) is 6.61. The van der Waals surface area contributed by atoms with Gasteiger partial charge in [0.2, 0.25) is 5.91 Å². The monoisotopic (exact) mass is 248 g/mol. The van der Waals surface area contributed by atoms with E-state index in [1.165, 1.54) is 15.6 Å². The topological polar surface area (TPSA) is 55.1 Å². The SMILES string of the molecule is NCCC(=O)NCCc1csc2ccccc12. The minimum atomic E-state index is 0.0343. The number of thiophene rings is 1. The van der Waals surface area contributed by atoms with Crippen LogP contribution in [0.25, 0.3) is 10.1 Å². The van der Waals surface area contributed by atoms with Crippen LogP contribution >= 0.6 is 11.3 Å². The summed E-state index contributed by atoms with van der Waals surface area (Å²) in [7, 11) is 0. The fraction of sp³-hybridized carbons (Fsp3) is 0.308. The van der Waals surface area contributed by atoms with Crippen molar-refractivity contribution < 1.29 is 4.79 Å². The Labute approximate surface area is 105 Å². The highest BCUT2D eigenvalue weighted by atomic mass is 32.1. The number of hydrogen-bond acceptors (Lipinski definition) is 3. The van der Waals surface area contributed by atoms with Crippen LogP contribution in [0.3, 0.4) is 0 Å². The minimum absolute atomic E-state index is 0.0343. The van der Waals surface area contributed by atoms with Crippen LogP contribution < -0.4 is 11.1 Å².